The molecule has 2 aromatic carbocycles. The number of pyridine rings is 1. The van der Waals surface area contributed by atoms with Crippen molar-refractivity contribution in [1.29, 1.82) is 0 Å². The van der Waals surface area contributed by atoms with Crippen molar-refractivity contribution >= 4 is 22.3 Å². The second-order valence-electron chi connectivity index (χ2n) is 8.98. The highest BCUT2D eigenvalue weighted by molar-refractivity contribution is 6.01. The first-order valence-electron chi connectivity index (χ1n) is 12.3. The van der Waals surface area contributed by atoms with Crippen molar-refractivity contribution in [2.24, 2.45) is 0 Å². The lowest BCUT2D eigenvalue weighted by Gasteiger charge is -2.21. The fourth-order valence-corrected chi connectivity index (χ4v) is 4.66. The Morgan fingerprint density at radius 2 is 1.90 bits per heavy atom. The maximum Gasteiger partial charge on any atom is 0.264 e. The zero-order valence-electron chi connectivity index (χ0n) is 21.1. The highest BCUT2D eigenvalue weighted by Crippen LogP contribution is 2.24. The number of rotatable bonds is 4. The molecule has 0 bridgehead atoms. The second-order valence-corrected chi connectivity index (χ2v) is 8.98. The fourth-order valence-electron chi connectivity index (χ4n) is 4.66. The summed E-state index contributed by atoms with van der Waals surface area (Å²) >= 11 is 0. The van der Waals surface area contributed by atoms with Crippen molar-refractivity contribution in [1.82, 2.24) is 29.5 Å². The Morgan fingerprint density at radius 1 is 1.05 bits per heavy atom. The van der Waals surface area contributed by atoms with Crippen LogP contribution in [0.4, 0.5) is 0 Å². The summed E-state index contributed by atoms with van der Waals surface area (Å²) < 4.78 is 8.20. The van der Waals surface area contributed by atoms with Gasteiger partial charge in [0.15, 0.2) is 17.7 Å². The summed E-state index contributed by atoms with van der Waals surface area (Å²) in [5, 5.41) is 8.63. The van der Waals surface area contributed by atoms with Gasteiger partial charge in [-0.3, -0.25) is 14.2 Å². The molecule has 0 aliphatic carbocycles. The Kier molecular flexibility index (Phi) is 5.98. The molecule has 0 fully saturated rings. The number of nitrogens with zero attached hydrogens (tertiary/aromatic N) is 5. The summed E-state index contributed by atoms with van der Waals surface area (Å²) in [5.74, 6) is 5.68. The molecule has 0 radical (unpaired) electrons. The molecule has 39 heavy (non-hydrogen) atoms. The van der Waals surface area contributed by atoms with E-state index in [4.69, 9.17) is 4.42 Å². The van der Waals surface area contributed by atoms with Crippen LogP contribution in [0.15, 0.2) is 94.9 Å². The lowest BCUT2D eigenvalue weighted by molar-refractivity contribution is 0.0939. The molecule has 1 atom stereocenters. The molecule has 4 aromatic heterocycles. The quantitative estimate of drug-likeness (QED) is 0.353. The van der Waals surface area contributed by atoms with Gasteiger partial charge in [0, 0.05) is 29.3 Å². The van der Waals surface area contributed by atoms with Crippen LogP contribution in [0.3, 0.4) is 0 Å². The first-order chi connectivity index (χ1) is 19.0. The number of hydrogen-bond donors (Lipinski definition) is 1. The van der Waals surface area contributed by atoms with Crippen LogP contribution in [0, 0.1) is 18.8 Å². The SMILES string of the molecule is Cc1nn2cccnc2c1C(=O)NC(C)c1cc2cccc(C#Cc3cocn3)c2c(=O)n1-c1ccccc1. The third kappa shape index (κ3) is 4.34. The van der Waals surface area contributed by atoms with Gasteiger partial charge in [-0.1, -0.05) is 36.3 Å². The Bertz CT molecular complexity index is 1960. The summed E-state index contributed by atoms with van der Waals surface area (Å²) in [6.45, 7) is 3.62. The van der Waals surface area contributed by atoms with Gasteiger partial charge in [-0.15, -0.1) is 0 Å². The smallest absolute Gasteiger partial charge is 0.264 e. The third-order valence-electron chi connectivity index (χ3n) is 6.44. The lowest BCUT2D eigenvalue weighted by Crippen LogP contribution is -2.32. The number of benzene rings is 2. The number of oxazole rings is 1. The summed E-state index contributed by atoms with van der Waals surface area (Å²) in [5.41, 5.74) is 3.52. The topological polar surface area (TPSA) is 107 Å². The Morgan fingerprint density at radius 3 is 2.69 bits per heavy atom. The number of aryl methyl sites for hydroxylation is 1. The van der Waals surface area contributed by atoms with Crippen LogP contribution in [0.2, 0.25) is 0 Å². The van der Waals surface area contributed by atoms with Gasteiger partial charge in [0.2, 0.25) is 0 Å². The standard InChI is InChI=1S/C30H22N6O3/c1-19(33-29(37)26-20(2)34-35-15-7-14-31-28(26)35)25-16-22-9-6-8-21(12-13-23-17-39-18-32-23)27(22)30(38)36(25)24-10-4-3-5-11-24/h3-11,14-19H,1-2H3,(H,33,37). The van der Waals surface area contributed by atoms with E-state index in [1.807, 2.05) is 55.5 Å². The molecule has 4 heterocycles. The van der Waals surface area contributed by atoms with Crippen LogP contribution < -0.4 is 10.9 Å². The molecule has 0 saturated heterocycles. The number of nitrogens with one attached hydrogen (secondary N) is 1. The summed E-state index contributed by atoms with van der Waals surface area (Å²) in [6, 6.07) is 18.0. The van der Waals surface area contributed by atoms with Gasteiger partial charge in [0.05, 0.1) is 17.1 Å². The van der Waals surface area contributed by atoms with Crippen LogP contribution in [0.5, 0.6) is 0 Å². The largest absolute Gasteiger partial charge is 0.450 e. The van der Waals surface area contributed by atoms with Crippen LogP contribution in [-0.4, -0.2) is 30.1 Å². The van der Waals surface area contributed by atoms with Gasteiger partial charge in [0.25, 0.3) is 11.5 Å². The van der Waals surface area contributed by atoms with E-state index < -0.39 is 6.04 Å². The van der Waals surface area contributed by atoms with Crippen molar-refractivity contribution in [3.05, 3.63) is 124 Å². The van der Waals surface area contributed by atoms with E-state index in [9.17, 15) is 9.59 Å². The molecule has 1 N–H and O–H groups in total. The van der Waals surface area contributed by atoms with E-state index in [0.29, 0.717) is 50.3 Å². The molecule has 0 spiro atoms. The molecule has 0 aliphatic rings. The molecule has 1 amide bonds. The van der Waals surface area contributed by atoms with E-state index in [1.165, 1.54) is 12.7 Å². The number of para-hydroxylation sites is 1. The molecule has 0 saturated carbocycles. The number of carbonyl (C=O) groups excluding carboxylic acids is 1. The Balaban J connectivity index is 1.48. The molecule has 6 rings (SSSR count). The van der Waals surface area contributed by atoms with E-state index in [-0.39, 0.29) is 11.5 Å². The van der Waals surface area contributed by atoms with Gasteiger partial charge in [-0.25, -0.2) is 14.5 Å². The normalized spacial score (nSPS) is 11.7. The molecule has 9 nitrogen and oxygen atoms in total. The van der Waals surface area contributed by atoms with Crippen molar-refractivity contribution in [2.45, 2.75) is 19.9 Å². The molecule has 9 heteroatoms. The van der Waals surface area contributed by atoms with Gasteiger partial charge >= 0.3 is 0 Å². The van der Waals surface area contributed by atoms with Crippen molar-refractivity contribution < 1.29 is 9.21 Å². The minimum Gasteiger partial charge on any atom is -0.450 e. The third-order valence-corrected chi connectivity index (χ3v) is 6.44. The Hall–Kier alpha value is -5.49. The van der Waals surface area contributed by atoms with Gasteiger partial charge in [0.1, 0.15) is 11.8 Å². The van der Waals surface area contributed by atoms with Gasteiger partial charge in [-0.2, -0.15) is 5.10 Å². The zero-order valence-corrected chi connectivity index (χ0v) is 21.1. The van der Waals surface area contributed by atoms with Crippen molar-refractivity contribution in [3.8, 4) is 17.5 Å². The summed E-state index contributed by atoms with van der Waals surface area (Å²) in [7, 11) is 0. The van der Waals surface area contributed by atoms with Crippen LogP contribution in [-0.2, 0) is 0 Å². The predicted molar refractivity (Wildman–Crippen MR) is 146 cm³/mol. The fraction of sp³-hybridized carbons (Fsp3) is 0.100. The highest BCUT2D eigenvalue weighted by atomic mass is 16.3. The molecular formula is C30H22N6O3. The first-order valence-corrected chi connectivity index (χ1v) is 12.3. The van der Waals surface area contributed by atoms with E-state index >= 15 is 0 Å². The minimum atomic E-state index is -0.530. The predicted octanol–water partition coefficient (Wildman–Crippen LogP) is 4.22. The summed E-state index contributed by atoms with van der Waals surface area (Å²) in [4.78, 5) is 35.9. The highest BCUT2D eigenvalue weighted by Gasteiger charge is 2.23. The molecular weight excluding hydrogens is 492 g/mol. The minimum absolute atomic E-state index is 0.242. The molecule has 1 unspecified atom stereocenters. The number of amides is 1. The molecule has 0 aliphatic heterocycles. The van der Waals surface area contributed by atoms with Crippen molar-refractivity contribution in [3.63, 3.8) is 0 Å². The number of hydrogen-bond acceptors (Lipinski definition) is 6. The summed E-state index contributed by atoms with van der Waals surface area (Å²) in [6.07, 6.45) is 6.12. The van der Waals surface area contributed by atoms with Crippen LogP contribution in [0.25, 0.3) is 22.1 Å². The second kappa shape index (κ2) is 9.76. The van der Waals surface area contributed by atoms with Crippen LogP contribution >= 0.6 is 0 Å². The lowest BCUT2D eigenvalue weighted by atomic mass is 10.0. The van der Waals surface area contributed by atoms with Gasteiger partial charge < -0.3 is 9.73 Å². The monoisotopic (exact) mass is 514 g/mol. The molecule has 190 valence electrons. The van der Waals surface area contributed by atoms with E-state index in [2.05, 4.69) is 32.2 Å². The van der Waals surface area contributed by atoms with Crippen molar-refractivity contribution in [2.75, 3.05) is 0 Å². The zero-order chi connectivity index (χ0) is 26.9. The molecule has 6 aromatic rings. The first kappa shape index (κ1) is 23.9. The average Bonchev–Trinajstić information content (AvgIpc) is 3.59. The van der Waals surface area contributed by atoms with Gasteiger partial charge in [-0.05, 0) is 55.5 Å². The maximum atomic E-state index is 14.1. The maximum absolute atomic E-state index is 14.1. The van der Waals surface area contributed by atoms with Crippen LogP contribution in [0.1, 0.15) is 46.0 Å². The Labute approximate surface area is 222 Å². The van der Waals surface area contributed by atoms with E-state index in [1.54, 1.807) is 40.5 Å². The number of carbonyl (C=O) groups is 1. The average molecular weight is 515 g/mol. The number of aromatic nitrogens is 5. The van der Waals surface area contributed by atoms with E-state index in [0.717, 1.165) is 0 Å². The number of fused-ring (bicyclic) bond motifs is 2.